The third kappa shape index (κ3) is 5.80. The molecular weight excluding hydrogens is 316 g/mol. The lowest BCUT2D eigenvalue weighted by Crippen LogP contribution is -2.43. The van der Waals surface area contributed by atoms with Gasteiger partial charge in [-0.3, -0.25) is 0 Å². The zero-order valence-corrected chi connectivity index (χ0v) is 15.2. The number of nitrogens with one attached hydrogen (secondary N) is 2. The minimum absolute atomic E-state index is 0.149. The minimum atomic E-state index is -1.05. The van der Waals surface area contributed by atoms with Crippen LogP contribution in [0.25, 0.3) is 0 Å². The van der Waals surface area contributed by atoms with Crippen LogP contribution in [0.15, 0.2) is 42.5 Å². The van der Waals surface area contributed by atoms with E-state index in [4.69, 9.17) is 4.74 Å². The summed E-state index contributed by atoms with van der Waals surface area (Å²) in [5, 5.41) is 16.0. The Labute approximate surface area is 149 Å². The molecule has 25 heavy (non-hydrogen) atoms. The summed E-state index contributed by atoms with van der Waals surface area (Å²) in [7, 11) is 1.61. The summed E-state index contributed by atoms with van der Waals surface area (Å²) in [6, 6.07) is 12.9. The van der Waals surface area contributed by atoms with Crippen molar-refractivity contribution in [3.05, 3.63) is 59.2 Å². The molecule has 2 amide bonds. The summed E-state index contributed by atoms with van der Waals surface area (Å²) >= 11 is 0. The van der Waals surface area contributed by atoms with Crippen molar-refractivity contribution in [1.82, 2.24) is 5.32 Å². The molecule has 134 valence electrons. The maximum Gasteiger partial charge on any atom is 0.319 e. The molecule has 2 aromatic carbocycles. The van der Waals surface area contributed by atoms with Crippen molar-refractivity contribution in [3.8, 4) is 5.75 Å². The number of aliphatic hydroxyl groups is 1. The fourth-order valence-electron chi connectivity index (χ4n) is 2.51. The number of rotatable bonds is 6. The number of methoxy groups -OCH3 is 1. The van der Waals surface area contributed by atoms with Crippen LogP contribution in [0.3, 0.4) is 0 Å². The molecule has 2 rings (SSSR count). The molecule has 1 atom stereocenters. The Hall–Kier alpha value is -2.53. The van der Waals surface area contributed by atoms with Gasteiger partial charge in [0.25, 0.3) is 0 Å². The molecule has 0 aliphatic heterocycles. The van der Waals surface area contributed by atoms with Crippen molar-refractivity contribution in [2.24, 2.45) is 0 Å². The predicted octanol–water partition coefficient (Wildman–Crippen LogP) is 3.43. The molecule has 0 aliphatic rings. The lowest BCUT2D eigenvalue weighted by atomic mass is 9.96. The topological polar surface area (TPSA) is 70.6 Å². The Morgan fingerprint density at radius 3 is 2.40 bits per heavy atom. The molecule has 0 aliphatic carbocycles. The number of hydrogen-bond donors (Lipinski definition) is 3. The van der Waals surface area contributed by atoms with Gasteiger partial charge in [0.1, 0.15) is 5.75 Å². The van der Waals surface area contributed by atoms with Gasteiger partial charge in [-0.1, -0.05) is 18.2 Å². The smallest absolute Gasteiger partial charge is 0.319 e. The van der Waals surface area contributed by atoms with Crippen molar-refractivity contribution in [2.45, 2.75) is 32.8 Å². The number of amides is 2. The van der Waals surface area contributed by atoms with E-state index in [1.165, 1.54) is 5.56 Å². The highest BCUT2D eigenvalue weighted by atomic mass is 16.5. The van der Waals surface area contributed by atoms with Gasteiger partial charge in [0.15, 0.2) is 0 Å². The average Bonchev–Trinajstić information content (AvgIpc) is 2.57. The fourth-order valence-corrected chi connectivity index (χ4v) is 2.51. The number of ether oxygens (including phenoxy) is 1. The van der Waals surface area contributed by atoms with Gasteiger partial charge in [0, 0.05) is 18.7 Å². The molecule has 0 fully saturated rings. The number of aryl methyl sites for hydroxylation is 2. The van der Waals surface area contributed by atoms with Gasteiger partial charge < -0.3 is 20.5 Å². The third-order valence-electron chi connectivity index (χ3n) is 4.14. The van der Waals surface area contributed by atoms with Crippen LogP contribution < -0.4 is 15.4 Å². The SMILES string of the molecule is COc1ccc(CC(C)(O)CNC(=O)Nc2ccc(C)c(C)c2)cc1. The monoisotopic (exact) mass is 342 g/mol. The van der Waals surface area contributed by atoms with E-state index in [1.54, 1.807) is 14.0 Å². The lowest BCUT2D eigenvalue weighted by molar-refractivity contribution is 0.0629. The first-order valence-electron chi connectivity index (χ1n) is 8.26. The standard InChI is InChI=1S/C20H26N2O3/c1-14-5-8-17(11-15(14)2)22-19(23)21-13-20(3,24)12-16-6-9-18(25-4)10-7-16/h5-11,24H,12-13H2,1-4H3,(H2,21,22,23). The normalized spacial score (nSPS) is 13.0. The predicted molar refractivity (Wildman–Crippen MR) is 100 cm³/mol. The van der Waals surface area contributed by atoms with Crippen LogP contribution in [-0.4, -0.2) is 30.4 Å². The van der Waals surface area contributed by atoms with Gasteiger partial charge in [-0.15, -0.1) is 0 Å². The summed E-state index contributed by atoms with van der Waals surface area (Å²) in [6.07, 6.45) is 0.431. The number of urea groups is 1. The zero-order valence-electron chi connectivity index (χ0n) is 15.2. The molecule has 0 spiro atoms. The fraction of sp³-hybridized carbons (Fsp3) is 0.350. The summed E-state index contributed by atoms with van der Waals surface area (Å²) in [6.45, 7) is 5.87. The molecule has 0 saturated carbocycles. The molecule has 0 bridgehead atoms. The van der Waals surface area contributed by atoms with E-state index in [0.29, 0.717) is 6.42 Å². The van der Waals surface area contributed by atoms with Crippen LogP contribution in [0.4, 0.5) is 10.5 Å². The third-order valence-corrected chi connectivity index (χ3v) is 4.14. The largest absolute Gasteiger partial charge is 0.497 e. The molecule has 5 nitrogen and oxygen atoms in total. The first-order valence-corrected chi connectivity index (χ1v) is 8.26. The molecule has 0 heterocycles. The van der Waals surface area contributed by atoms with Crippen molar-refractivity contribution in [3.63, 3.8) is 0 Å². The number of benzene rings is 2. The minimum Gasteiger partial charge on any atom is -0.497 e. The van der Waals surface area contributed by atoms with Gasteiger partial charge in [-0.25, -0.2) is 4.79 Å². The average molecular weight is 342 g/mol. The van der Waals surface area contributed by atoms with E-state index in [1.807, 2.05) is 56.3 Å². The Kier molecular flexibility index (Phi) is 6.04. The van der Waals surface area contributed by atoms with E-state index in [2.05, 4.69) is 10.6 Å². The second-order valence-corrected chi connectivity index (χ2v) is 6.63. The first-order chi connectivity index (χ1) is 11.8. The number of anilines is 1. The summed E-state index contributed by atoms with van der Waals surface area (Å²) < 4.78 is 5.12. The highest BCUT2D eigenvalue weighted by molar-refractivity contribution is 5.89. The van der Waals surface area contributed by atoms with E-state index < -0.39 is 5.60 Å². The molecule has 0 saturated heterocycles. The lowest BCUT2D eigenvalue weighted by Gasteiger charge is -2.24. The second kappa shape index (κ2) is 8.03. The van der Waals surface area contributed by atoms with Gasteiger partial charge in [0.05, 0.1) is 12.7 Å². The van der Waals surface area contributed by atoms with E-state index in [9.17, 15) is 9.90 Å². The van der Waals surface area contributed by atoms with Crippen LogP contribution in [0.5, 0.6) is 5.75 Å². The Morgan fingerprint density at radius 2 is 1.80 bits per heavy atom. The zero-order chi connectivity index (χ0) is 18.4. The number of carbonyl (C=O) groups excluding carboxylic acids is 1. The van der Waals surface area contributed by atoms with E-state index in [-0.39, 0.29) is 12.6 Å². The van der Waals surface area contributed by atoms with Crippen molar-refractivity contribution < 1.29 is 14.6 Å². The summed E-state index contributed by atoms with van der Waals surface area (Å²) in [5.74, 6) is 0.772. The quantitative estimate of drug-likeness (QED) is 0.753. The molecule has 0 radical (unpaired) electrons. The first kappa shape index (κ1) is 18.8. The number of hydrogen-bond acceptors (Lipinski definition) is 3. The van der Waals surface area contributed by atoms with Crippen LogP contribution in [0, 0.1) is 13.8 Å². The van der Waals surface area contributed by atoms with Crippen LogP contribution >= 0.6 is 0 Å². The molecular formula is C20H26N2O3. The van der Waals surface area contributed by atoms with Gasteiger partial charge in [-0.2, -0.15) is 0 Å². The highest BCUT2D eigenvalue weighted by Gasteiger charge is 2.22. The van der Waals surface area contributed by atoms with Gasteiger partial charge in [-0.05, 0) is 61.7 Å². The molecule has 5 heteroatoms. The van der Waals surface area contributed by atoms with Gasteiger partial charge >= 0.3 is 6.03 Å². The Morgan fingerprint density at radius 1 is 1.12 bits per heavy atom. The van der Waals surface area contributed by atoms with Crippen LogP contribution in [0.2, 0.25) is 0 Å². The van der Waals surface area contributed by atoms with E-state index >= 15 is 0 Å². The Balaban J connectivity index is 1.87. The summed E-state index contributed by atoms with van der Waals surface area (Å²) in [5.41, 5.74) is 2.95. The van der Waals surface area contributed by atoms with Crippen LogP contribution in [-0.2, 0) is 6.42 Å². The number of carbonyl (C=O) groups is 1. The molecule has 0 aromatic heterocycles. The van der Waals surface area contributed by atoms with Crippen molar-refractivity contribution in [1.29, 1.82) is 0 Å². The maximum atomic E-state index is 12.0. The maximum absolute atomic E-state index is 12.0. The molecule has 1 unspecified atom stereocenters. The summed E-state index contributed by atoms with van der Waals surface area (Å²) in [4.78, 5) is 12.0. The molecule has 2 aromatic rings. The molecule has 3 N–H and O–H groups in total. The Bertz CT molecular complexity index is 724. The highest BCUT2D eigenvalue weighted by Crippen LogP contribution is 2.17. The van der Waals surface area contributed by atoms with E-state index in [0.717, 1.165) is 22.6 Å². The van der Waals surface area contributed by atoms with Gasteiger partial charge in [0.2, 0.25) is 0 Å². The van der Waals surface area contributed by atoms with Crippen molar-refractivity contribution in [2.75, 3.05) is 19.0 Å². The second-order valence-electron chi connectivity index (χ2n) is 6.63. The van der Waals surface area contributed by atoms with Crippen LogP contribution in [0.1, 0.15) is 23.6 Å². The van der Waals surface area contributed by atoms with Crippen molar-refractivity contribution >= 4 is 11.7 Å².